The van der Waals surface area contributed by atoms with E-state index in [1.807, 2.05) is 134 Å². The highest BCUT2D eigenvalue weighted by atomic mass is 19.3. The van der Waals surface area contributed by atoms with Crippen LogP contribution in [0.1, 0.15) is 189 Å². The molecule has 15 nitrogen and oxygen atoms in total. The van der Waals surface area contributed by atoms with E-state index in [0.717, 1.165) is 34.5 Å². The summed E-state index contributed by atoms with van der Waals surface area (Å²) in [6.07, 6.45) is 15.9. The maximum absolute atomic E-state index is 12.7. The highest BCUT2D eigenvalue weighted by Gasteiger charge is 2.57. The first-order valence-corrected chi connectivity index (χ1v) is 36.3. The zero-order valence-electron chi connectivity index (χ0n) is 66.8. The third kappa shape index (κ3) is 45.6. The Bertz CT molecular complexity index is 3350. The number of pyridine rings is 1. The summed E-state index contributed by atoms with van der Waals surface area (Å²) >= 11 is 0. The van der Waals surface area contributed by atoms with E-state index >= 15 is 0 Å². The van der Waals surface area contributed by atoms with Crippen molar-refractivity contribution in [2.75, 3.05) is 62.3 Å². The van der Waals surface area contributed by atoms with Gasteiger partial charge in [-0.1, -0.05) is 121 Å². The monoisotopic (exact) mass is 1470 g/mol. The Morgan fingerprint density at radius 1 is 0.600 bits per heavy atom. The van der Waals surface area contributed by atoms with Crippen molar-refractivity contribution in [2.24, 2.45) is 16.7 Å². The first-order chi connectivity index (χ1) is 49.2. The van der Waals surface area contributed by atoms with Crippen molar-refractivity contribution in [3.05, 3.63) is 190 Å². The van der Waals surface area contributed by atoms with Crippen LogP contribution >= 0.6 is 0 Å². The van der Waals surface area contributed by atoms with Gasteiger partial charge in [0.05, 0.1) is 12.2 Å². The standard InChI is InChI=1S/C12H17NO2.C12H18O2.C10H13NO2.C10H14.C9H10FNO.C8H11N.C6H10F2.C5H10O2.C5H10.C4H6F2O.C4H8O/c1-9-6-5-7-10(8-9)15-12(2,3)11(14)13-4;1-10-5-4-6-11(9-10)14-12(2,3)7-8-13;1-8-4-3-5-9(6-8)13-7-10(12)11-2;1-3-4-10-7-5-9(2)6-8-10;1-6-5-7(9(12)11-2)3-4-8(6)10;1-2-3-8-4-6-9-7-5-8;1-5(2)3-6(7,8)4-5;1-7-5-2-4(5)3-6;1-5(2)3-4-5;1-7-3-2-4(3,5)6;1-5-4-2-3-4/h5-8H,1-4H3,(H,13,14);4-6,9,13H,7-8H2,1-3H3;3-6H,7H2,1-2H3,(H,11,12);5-8H,3-4H2,1-2H3;3-5H,1-2H3,(H,11,12);4-7H,2-3H2,1H3;3-4H2,1-2H3;4-6H,2-3H2,1H3;3-4H2,1-2H3;3H,2H2,1H3;4H,2-3H2,1H3. The number of aliphatic hydroxyl groups excluding tert-OH is 2. The lowest BCUT2D eigenvalue weighted by Crippen LogP contribution is -2.45. The van der Waals surface area contributed by atoms with E-state index in [1.54, 1.807) is 56.1 Å². The van der Waals surface area contributed by atoms with Gasteiger partial charge in [0, 0.05) is 105 Å². The smallest absolute Gasteiger partial charge is 0.276 e. The molecule has 105 heavy (non-hydrogen) atoms. The van der Waals surface area contributed by atoms with Crippen LogP contribution in [-0.2, 0) is 36.6 Å². The van der Waals surface area contributed by atoms with Gasteiger partial charge in [0.2, 0.25) is 5.92 Å². The first-order valence-electron chi connectivity index (χ1n) is 36.3. The highest BCUT2D eigenvalue weighted by molar-refractivity contribution is 5.94. The molecule has 20 heteroatoms. The molecule has 1 aromatic heterocycles. The maximum Gasteiger partial charge on any atom is 0.276 e. The zero-order valence-corrected chi connectivity index (χ0v) is 66.8. The van der Waals surface area contributed by atoms with Gasteiger partial charge in [0.25, 0.3) is 23.6 Å². The topological polar surface area (TPSA) is 196 Å². The Balaban J connectivity index is 0.000000585. The molecule has 5 N–H and O–H groups in total. The van der Waals surface area contributed by atoms with Crippen LogP contribution in [0, 0.1) is 57.2 Å². The summed E-state index contributed by atoms with van der Waals surface area (Å²) in [5.41, 5.74) is 8.07. The minimum atomic E-state index is -2.51. The third-order valence-corrected chi connectivity index (χ3v) is 16.5. The molecule has 5 fully saturated rings. The van der Waals surface area contributed by atoms with Gasteiger partial charge in [-0.15, -0.1) is 0 Å². The Labute approximate surface area is 625 Å². The van der Waals surface area contributed by atoms with Gasteiger partial charge in [-0.2, -0.15) is 0 Å². The fraction of sp³-hybridized carbons (Fsp3) is 0.553. The number of aryl methyl sites for hydroxylation is 7. The molecule has 1 heterocycles. The number of nitrogens with one attached hydrogen (secondary N) is 3. The fourth-order valence-electron chi connectivity index (χ4n) is 9.42. The van der Waals surface area contributed by atoms with Gasteiger partial charge in [0.15, 0.2) is 12.2 Å². The Kier molecular flexibility index (Phi) is 44.3. The molecule has 11 rings (SSSR count). The third-order valence-electron chi connectivity index (χ3n) is 16.5. The molecule has 0 spiro atoms. The van der Waals surface area contributed by atoms with E-state index in [9.17, 15) is 36.3 Å². The molecule has 0 aliphatic heterocycles. The zero-order chi connectivity index (χ0) is 79.6. The number of likely N-dealkylation sites (N-methyl/N-ethyl adjacent to an activating group) is 2. The molecule has 5 aliphatic rings. The summed E-state index contributed by atoms with van der Waals surface area (Å²) < 4.78 is 90.9. The molecule has 0 bridgehead atoms. The summed E-state index contributed by atoms with van der Waals surface area (Å²) in [4.78, 5) is 37.3. The Hall–Kier alpha value is -7.49. The van der Waals surface area contributed by atoms with E-state index in [4.69, 9.17) is 33.9 Å². The van der Waals surface area contributed by atoms with Crippen LogP contribution in [0.15, 0.2) is 140 Å². The number of ether oxygens (including phenoxy) is 6. The van der Waals surface area contributed by atoms with E-state index < -0.39 is 23.6 Å². The van der Waals surface area contributed by atoms with Crippen molar-refractivity contribution in [2.45, 2.75) is 229 Å². The lowest BCUT2D eigenvalue weighted by Gasteiger charge is -2.41. The quantitative estimate of drug-likeness (QED) is 0.0482. The number of halogens is 5. The second-order valence-corrected chi connectivity index (χ2v) is 29.4. The molecule has 3 amide bonds. The van der Waals surface area contributed by atoms with Gasteiger partial charge in [0.1, 0.15) is 34.8 Å². The summed E-state index contributed by atoms with van der Waals surface area (Å²) in [7, 11) is 9.47. The number of hydrogen-bond acceptors (Lipinski definition) is 12. The minimum absolute atomic E-state index is 0.0694. The lowest BCUT2D eigenvalue weighted by atomic mass is 9.69. The van der Waals surface area contributed by atoms with E-state index in [1.165, 1.54) is 98.9 Å². The number of aliphatic hydroxyl groups is 2. The van der Waals surface area contributed by atoms with Gasteiger partial charge in [-0.05, 0) is 218 Å². The van der Waals surface area contributed by atoms with Crippen LogP contribution in [0.3, 0.4) is 0 Å². The number of benzene rings is 5. The van der Waals surface area contributed by atoms with Crippen molar-refractivity contribution in [1.29, 1.82) is 0 Å². The van der Waals surface area contributed by atoms with Crippen molar-refractivity contribution < 1.29 is 75.0 Å². The largest absolute Gasteiger partial charge is 0.488 e. The SMILES string of the molecule is CC1(C)CC(F)(F)C1.CC1(C)CC1.CCCc1ccc(C)cc1.CCCc1ccncc1.CNC(=O)C(C)(C)Oc1cccc(C)c1.CNC(=O)COc1cccc(C)c1.CNC(=O)c1ccc(F)c(C)c1.COC1CC1.COC1CC1(F)F.COC1CC1CO.Cc1cccc(OC(C)(C)CCO)c1. The molecule has 5 aromatic carbocycles. The van der Waals surface area contributed by atoms with E-state index in [-0.39, 0.29) is 67.0 Å². The molecular formula is C85H127F5N4O11. The van der Waals surface area contributed by atoms with Crippen LogP contribution in [0.5, 0.6) is 17.2 Å². The first kappa shape index (κ1) is 95.5. The lowest BCUT2D eigenvalue weighted by molar-refractivity contribution is -0.146. The van der Waals surface area contributed by atoms with Crippen LogP contribution < -0.4 is 30.2 Å². The van der Waals surface area contributed by atoms with Crippen LogP contribution in [-0.4, -0.2) is 137 Å². The number of aromatic nitrogens is 1. The number of hydrogen-bond donors (Lipinski definition) is 5. The summed E-state index contributed by atoms with van der Waals surface area (Å²) in [5, 5.41) is 24.8. The minimum Gasteiger partial charge on any atom is -0.488 e. The number of carbonyl (C=O) groups is 3. The second-order valence-electron chi connectivity index (χ2n) is 29.4. The van der Waals surface area contributed by atoms with Crippen LogP contribution in [0.2, 0.25) is 0 Å². The number of nitrogens with zero attached hydrogens (tertiary/aromatic N) is 1. The van der Waals surface area contributed by atoms with Crippen LogP contribution in [0.4, 0.5) is 22.0 Å². The number of alkyl halides is 4. The maximum atomic E-state index is 12.7. The molecule has 3 atom stereocenters. The predicted octanol–water partition coefficient (Wildman–Crippen LogP) is 18.1. The molecule has 3 unspecified atom stereocenters. The average molecular weight is 1480 g/mol. The number of rotatable bonds is 19. The highest BCUT2D eigenvalue weighted by Crippen LogP contribution is 2.51. The van der Waals surface area contributed by atoms with Crippen molar-refractivity contribution in [3.8, 4) is 17.2 Å². The molecule has 0 saturated heterocycles. The van der Waals surface area contributed by atoms with E-state index in [2.05, 4.69) is 96.7 Å². The number of methoxy groups -OCH3 is 3. The normalized spacial score (nSPS) is 17.0. The average Bonchev–Trinajstić information content (AvgIpc) is 0.941. The van der Waals surface area contributed by atoms with Crippen molar-refractivity contribution in [3.63, 3.8) is 0 Å². The Morgan fingerprint density at radius 2 is 1.09 bits per heavy atom. The van der Waals surface area contributed by atoms with Gasteiger partial charge >= 0.3 is 0 Å². The number of amides is 3. The summed E-state index contributed by atoms with van der Waals surface area (Å²) in [6.45, 7) is 30.4. The summed E-state index contributed by atoms with van der Waals surface area (Å²) in [5.74, 6) is -2.84. The molecule has 6 aromatic rings. The second kappa shape index (κ2) is 48.7. The van der Waals surface area contributed by atoms with Crippen LogP contribution in [0.25, 0.3) is 0 Å². The van der Waals surface area contributed by atoms with Crippen molar-refractivity contribution >= 4 is 17.7 Å². The number of carbonyl (C=O) groups excluding carboxylic acids is 3. The Morgan fingerprint density at radius 3 is 1.41 bits per heavy atom. The van der Waals surface area contributed by atoms with Crippen molar-refractivity contribution in [1.82, 2.24) is 20.9 Å². The van der Waals surface area contributed by atoms with Gasteiger partial charge in [-0.3, -0.25) is 19.4 Å². The predicted molar refractivity (Wildman–Crippen MR) is 414 cm³/mol. The van der Waals surface area contributed by atoms with Gasteiger partial charge < -0.3 is 54.6 Å². The summed E-state index contributed by atoms with van der Waals surface area (Å²) in [6, 6.07) is 40.3. The van der Waals surface area contributed by atoms with Gasteiger partial charge in [-0.25, -0.2) is 22.0 Å². The molecular weight excluding hydrogens is 1350 g/mol. The molecule has 0 radical (unpaired) electrons. The molecule has 5 aliphatic carbocycles. The molecule has 588 valence electrons. The fourth-order valence-corrected chi connectivity index (χ4v) is 9.42. The van der Waals surface area contributed by atoms with E-state index in [0.29, 0.717) is 48.0 Å². The molecule has 5 saturated carbocycles.